The Balaban J connectivity index is 2.09. The molecule has 0 spiro atoms. The summed E-state index contributed by atoms with van der Waals surface area (Å²) in [5.41, 5.74) is 6.01. The van der Waals surface area contributed by atoms with Crippen molar-refractivity contribution in [1.82, 2.24) is 4.90 Å². The van der Waals surface area contributed by atoms with Gasteiger partial charge in [-0.2, -0.15) is 26.3 Å². The Morgan fingerprint density at radius 3 is 2.18 bits per heavy atom. The molecule has 0 atom stereocenters. The summed E-state index contributed by atoms with van der Waals surface area (Å²) in [7, 11) is 0. The number of carbonyl (C=O) groups excluding carboxylic acids is 1. The highest BCUT2D eigenvalue weighted by Gasteiger charge is 2.39. The number of rotatable bonds is 6. The standard InChI is InChI=1S/C17H21F6N3O2/c18-16(19,20)9-26(10-17(21,22)23)15(27)12-1-2-14(13(24)7-12)25-8-11-3-5-28-6-4-11/h1-2,7,11,25H,3-6,8-10,24H2. The van der Waals surface area contributed by atoms with Gasteiger partial charge in [0.05, 0.1) is 11.4 Å². The van der Waals surface area contributed by atoms with Crippen molar-refractivity contribution >= 4 is 17.3 Å². The number of hydrogen-bond donors (Lipinski definition) is 2. The van der Waals surface area contributed by atoms with Crippen LogP contribution in [0.15, 0.2) is 18.2 Å². The predicted molar refractivity (Wildman–Crippen MR) is 90.9 cm³/mol. The summed E-state index contributed by atoms with van der Waals surface area (Å²) in [6.07, 6.45) is -8.18. The van der Waals surface area contributed by atoms with Crippen LogP contribution in [-0.4, -0.2) is 56.0 Å². The Morgan fingerprint density at radius 1 is 1.11 bits per heavy atom. The van der Waals surface area contributed by atoms with Crippen LogP contribution in [0.25, 0.3) is 0 Å². The number of alkyl halides is 6. The van der Waals surface area contributed by atoms with Gasteiger partial charge in [-0.15, -0.1) is 0 Å². The minimum absolute atomic E-state index is 0.0666. The third-order valence-corrected chi connectivity index (χ3v) is 4.25. The summed E-state index contributed by atoms with van der Waals surface area (Å²) in [4.78, 5) is 11.9. The largest absolute Gasteiger partial charge is 0.406 e. The molecule has 0 radical (unpaired) electrons. The van der Waals surface area contributed by atoms with Crippen molar-refractivity contribution in [3.05, 3.63) is 23.8 Å². The normalized spacial score (nSPS) is 16.1. The molecule has 1 aromatic rings. The van der Waals surface area contributed by atoms with E-state index in [4.69, 9.17) is 10.5 Å². The molecule has 1 heterocycles. The number of hydrogen-bond acceptors (Lipinski definition) is 4. The van der Waals surface area contributed by atoms with Gasteiger partial charge in [0.2, 0.25) is 0 Å². The lowest BCUT2D eigenvalue weighted by atomic mass is 10.0. The molecule has 0 aliphatic carbocycles. The van der Waals surface area contributed by atoms with Crippen LogP contribution in [0.3, 0.4) is 0 Å². The molecule has 0 saturated carbocycles. The van der Waals surface area contributed by atoms with E-state index in [0.717, 1.165) is 25.0 Å². The fourth-order valence-corrected chi connectivity index (χ4v) is 2.88. The van der Waals surface area contributed by atoms with Crippen LogP contribution in [0.2, 0.25) is 0 Å². The zero-order chi connectivity index (χ0) is 20.9. The van der Waals surface area contributed by atoms with E-state index < -0.39 is 31.3 Å². The van der Waals surface area contributed by atoms with Gasteiger partial charge in [0, 0.05) is 25.3 Å². The third kappa shape index (κ3) is 7.10. The molecule has 28 heavy (non-hydrogen) atoms. The summed E-state index contributed by atoms with van der Waals surface area (Å²) in [5, 5.41) is 3.09. The molecule has 0 bridgehead atoms. The Labute approximate surface area is 157 Å². The maximum absolute atomic E-state index is 12.6. The number of nitrogen functional groups attached to an aromatic ring is 1. The number of anilines is 2. The third-order valence-electron chi connectivity index (χ3n) is 4.25. The maximum Gasteiger partial charge on any atom is 0.406 e. The molecular formula is C17H21F6N3O2. The molecule has 1 fully saturated rings. The fourth-order valence-electron chi connectivity index (χ4n) is 2.88. The molecule has 1 amide bonds. The molecule has 1 aliphatic heterocycles. The van der Waals surface area contributed by atoms with E-state index >= 15 is 0 Å². The Bertz CT molecular complexity index is 656. The number of nitrogens with two attached hydrogens (primary N) is 1. The molecule has 1 aliphatic rings. The highest BCUT2D eigenvalue weighted by molar-refractivity contribution is 5.96. The van der Waals surface area contributed by atoms with Crippen molar-refractivity contribution in [2.45, 2.75) is 25.2 Å². The molecule has 0 unspecified atom stereocenters. The number of halogens is 6. The Kier molecular flexibility index (Phi) is 7.02. The number of nitrogens with one attached hydrogen (secondary N) is 1. The first-order valence-electron chi connectivity index (χ1n) is 8.58. The van der Waals surface area contributed by atoms with Gasteiger partial charge in [0.15, 0.2) is 0 Å². The maximum atomic E-state index is 12.6. The van der Waals surface area contributed by atoms with Crippen LogP contribution in [0, 0.1) is 5.92 Å². The van der Waals surface area contributed by atoms with Crippen LogP contribution in [-0.2, 0) is 4.74 Å². The molecule has 158 valence electrons. The number of amides is 1. The summed E-state index contributed by atoms with van der Waals surface area (Å²) in [5.74, 6) is -1.03. The van der Waals surface area contributed by atoms with Gasteiger partial charge in [0.25, 0.3) is 5.91 Å². The van der Waals surface area contributed by atoms with Crippen LogP contribution >= 0.6 is 0 Å². The highest BCUT2D eigenvalue weighted by atomic mass is 19.4. The van der Waals surface area contributed by atoms with Gasteiger partial charge in [-0.3, -0.25) is 4.79 Å². The van der Waals surface area contributed by atoms with Crippen molar-refractivity contribution < 1.29 is 35.9 Å². The molecule has 1 saturated heterocycles. The second-order valence-corrected chi connectivity index (χ2v) is 6.63. The SMILES string of the molecule is Nc1cc(C(=O)N(CC(F)(F)F)CC(F)(F)F)ccc1NCC1CCOCC1. The first-order valence-corrected chi connectivity index (χ1v) is 8.58. The summed E-state index contributed by atoms with van der Waals surface area (Å²) in [6.45, 7) is -2.11. The van der Waals surface area contributed by atoms with Crippen molar-refractivity contribution in [2.75, 3.05) is 43.9 Å². The average molecular weight is 413 g/mol. The van der Waals surface area contributed by atoms with E-state index in [1.165, 1.54) is 6.07 Å². The van der Waals surface area contributed by atoms with E-state index in [-0.39, 0.29) is 16.2 Å². The zero-order valence-corrected chi connectivity index (χ0v) is 14.9. The van der Waals surface area contributed by atoms with Crippen LogP contribution in [0.4, 0.5) is 37.7 Å². The average Bonchev–Trinajstić information content (AvgIpc) is 2.58. The number of carbonyl (C=O) groups is 1. The minimum Gasteiger partial charge on any atom is -0.397 e. The van der Waals surface area contributed by atoms with E-state index in [9.17, 15) is 31.1 Å². The van der Waals surface area contributed by atoms with Crippen LogP contribution in [0.1, 0.15) is 23.2 Å². The predicted octanol–water partition coefficient (Wildman–Crippen LogP) is 3.67. The molecule has 2 rings (SSSR count). The van der Waals surface area contributed by atoms with Gasteiger partial charge in [-0.1, -0.05) is 0 Å². The van der Waals surface area contributed by atoms with Gasteiger partial charge in [-0.25, -0.2) is 0 Å². The van der Waals surface area contributed by atoms with E-state index in [1.807, 2.05) is 0 Å². The van der Waals surface area contributed by atoms with Crippen molar-refractivity contribution in [3.63, 3.8) is 0 Å². The van der Waals surface area contributed by atoms with Crippen molar-refractivity contribution in [3.8, 4) is 0 Å². The first kappa shape index (κ1) is 22.1. The Hall–Kier alpha value is -2.17. The quantitative estimate of drug-likeness (QED) is 0.552. The van der Waals surface area contributed by atoms with Crippen LogP contribution < -0.4 is 11.1 Å². The molecule has 1 aromatic carbocycles. The fraction of sp³-hybridized carbons (Fsp3) is 0.588. The summed E-state index contributed by atoms with van der Waals surface area (Å²) < 4.78 is 80.7. The lowest BCUT2D eigenvalue weighted by Crippen LogP contribution is -2.44. The minimum atomic E-state index is -4.96. The smallest absolute Gasteiger partial charge is 0.397 e. The van der Waals surface area contributed by atoms with Gasteiger partial charge in [0.1, 0.15) is 13.1 Å². The highest BCUT2D eigenvalue weighted by Crippen LogP contribution is 2.26. The lowest BCUT2D eigenvalue weighted by molar-refractivity contribution is -0.171. The molecule has 0 aromatic heterocycles. The summed E-state index contributed by atoms with van der Waals surface area (Å²) >= 11 is 0. The topological polar surface area (TPSA) is 67.6 Å². The molecular weight excluding hydrogens is 392 g/mol. The van der Waals surface area contributed by atoms with E-state index in [0.29, 0.717) is 31.4 Å². The number of nitrogens with zero attached hydrogens (tertiary/aromatic N) is 1. The monoisotopic (exact) mass is 413 g/mol. The summed E-state index contributed by atoms with van der Waals surface area (Å²) in [6, 6.07) is 3.61. The molecule has 3 N–H and O–H groups in total. The van der Waals surface area contributed by atoms with Gasteiger partial charge in [-0.05, 0) is 37.0 Å². The first-order chi connectivity index (χ1) is 12.9. The van der Waals surface area contributed by atoms with Gasteiger partial charge < -0.3 is 20.7 Å². The lowest BCUT2D eigenvalue weighted by Gasteiger charge is -2.25. The number of benzene rings is 1. The molecule has 11 heteroatoms. The van der Waals surface area contributed by atoms with Crippen LogP contribution in [0.5, 0.6) is 0 Å². The Morgan fingerprint density at radius 2 is 1.68 bits per heavy atom. The van der Waals surface area contributed by atoms with Crippen molar-refractivity contribution in [2.24, 2.45) is 5.92 Å². The molecule has 5 nitrogen and oxygen atoms in total. The van der Waals surface area contributed by atoms with E-state index in [2.05, 4.69) is 5.32 Å². The van der Waals surface area contributed by atoms with Crippen molar-refractivity contribution in [1.29, 1.82) is 0 Å². The zero-order valence-electron chi connectivity index (χ0n) is 14.9. The number of ether oxygens (including phenoxy) is 1. The van der Waals surface area contributed by atoms with E-state index in [1.54, 1.807) is 0 Å². The van der Waals surface area contributed by atoms with Gasteiger partial charge >= 0.3 is 12.4 Å². The second kappa shape index (κ2) is 8.89. The second-order valence-electron chi connectivity index (χ2n) is 6.63.